The maximum Gasteiger partial charge on any atom is 0.222 e. The lowest BCUT2D eigenvalue weighted by molar-refractivity contribution is 0.0776. The van der Waals surface area contributed by atoms with E-state index in [-0.39, 0.29) is 5.95 Å². The van der Waals surface area contributed by atoms with Crippen LogP contribution in [0.2, 0.25) is 0 Å². The molecule has 0 aliphatic carbocycles. The Bertz CT molecular complexity index is 1300. The third-order valence-electron chi connectivity index (χ3n) is 6.11. The number of nitrogen functional groups attached to an aromatic ring is 1. The number of methoxy groups -OCH3 is 1. The van der Waals surface area contributed by atoms with Crippen molar-refractivity contribution in [1.29, 1.82) is 0 Å². The molecule has 184 valence electrons. The number of ether oxygens (including phenoxy) is 2. The molecule has 1 aliphatic heterocycles. The third kappa shape index (κ3) is 5.36. The number of aromatic nitrogens is 5. The Morgan fingerprint density at radius 1 is 1.17 bits per heavy atom. The fourth-order valence-electron chi connectivity index (χ4n) is 4.29. The molecule has 4 aromatic rings. The number of nitrogens with zero attached hydrogens (tertiary/aromatic N) is 5. The highest BCUT2D eigenvalue weighted by Gasteiger charge is 2.16. The second-order valence-corrected chi connectivity index (χ2v) is 8.66. The molecule has 0 amide bonds. The van der Waals surface area contributed by atoms with Crippen LogP contribution in [0.1, 0.15) is 35.4 Å². The van der Waals surface area contributed by atoms with E-state index in [4.69, 9.17) is 19.7 Å². The molecule has 0 atom stereocenters. The number of hydrogen-bond acceptors (Lipinski definition) is 10. The number of benzene rings is 1. The molecule has 11 heteroatoms. The van der Waals surface area contributed by atoms with E-state index in [1.165, 1.54) is 5.56 Å². The first kappa shape index (κ1) is 23.1. The maximum atomic E-state index is 5.94. The van der Waals surface area contributed by atoms with Crippen molar-refractivity contribution in [3.8, 4) is 5.75 Å². The van der Waals surface area contributed by atoms with Crippen LogP contribution in [0.4, 0.5) is 11.8 Å². The molecule has 5 rings (SSSR count). The average Bonchev–Trinajstić information content (AvgIpc) is 3.48. The molecule has 4 heterocycles. The quantitative estimate of drug-likeness (QED) is 0.329. The van der Waals surface area contributed by atoms with Gasteiger partial charge in [-0.3, -0.25) is 4.68 Å². The van der Waals surface area contributed by atoms with Gasteiger partial charge in [0.1, 0.15) is 28.2 Å². The van der Waals surface area contributed by atoms with Crippen molar-refractivity contribution in [2.75, 3.05) is 31.4 Å². The molecule has 11 nitrogen and oxygen atoms in total. The first-order valence-electron chi connectivity index (χ1n) is 11.7. The highest BCUT2D eigenvalue weighted by Crippen LogP contribution is 2.26. The molecule has 4 N–H and O–H groups in total. The van der Waals surface area contributed by atoms with E-state index in [1.807, 2.05) is 17.7 Å². The number of fused-ring (bicyclic) bond motifs is 1. The van der Waals surface area contributed by atoms with Gasteiger partial charge in [0, 0.05) is 37.4 Å². The van der Waals surface area contributed by atoms with Crippen LogP contribution >= 0.6 is 0 Å². The minimum absolute atomic E-state index is 0.176. The van der Waals surface area contributed by atoms with Gasteiger partial charge in [0.15, 0.2) is 5.82 Å². The summed E-state index contributed by atoms with van der Waals surface area (Å²) in [5.74, 6) is 2.32. The van der Waals surface area contributed by atoms with Gasteiger partial charge in [-0.2, -0.15) is 10.1 Å². The normalized spacial score (nSPS) is 14.5. The fraction of sp³-hybridized carbons (Fsp3) is 0.417. The van der Waals surface area contributed by atoms with Gasteiger partial charge in [-0.25, -0.2) is 4.98 Å². The van der Waals surface area contributed by atoms with E-state index in [9.17, 15) is 0 Å². The molecule has 0 bridgehead atoms. The van der Waals surface area contributed by atoms with Gasteiger partial charge in [0.25, 0.3) is 0 Å². The van der Waals surface area contributed by atoms with Crippen LogP contribution in [0.15, 0.2) is 35.0 Å². The minimum atomic E-state index is 0.176. The highest BCUT2D eigenvalue weighted by atomic mass is 16.5. The van der Waals surface area contributed by atoms with E-state index < -0.39 is 0 Å². The van der Waals surface area contributed by atoms with Gasteiger partial charge < -0.3 is 30.4 Å². The van der Waals surface area contributed by atoms with Crippen LogP contribution in [-0.2, 0) is 24.4 Å². The lowest BCUT2D eigenvalue weighted by Gasteiger charge is -2.23. The SMILES string of the molecule is COc1cc(CNC2CCOCC2)ccc1Cn1ncc2nc(N)nc(NCc3cc(C)on3)c21. The van der Waals surface area contributed by atoms with Crippen LogP contribution in [0.25, 0.3) is 11.0 Å². The Balaban J connectivity index is 1.35. The Kier molecular flexibility index (Phi) is 6.77. The fourth-order valence-corrected chi connectivity index (χ4v) is 4.29. The van der Waals surface area contributed by atoms with E-state index in [0.717, 1.165) is 60.9 Å². The second kappa shape index (κ2) is 10.3. The van der Waals surface area contributed by atoms with Crippen LogP contribution in [0.5, 0.6) is 5.75 Å². The van der Waals surface area contributed by atoms with Crippen molar-refractivity contribution in [2.45, 2.75) is 45.4 Å². The maximum absolute atomic E-state index is 5.94. The molecular formula is C24H30N8O3. The summed E-state index contributed by atoms with van der Waals surface area (Å²) in [5, 5.41) is 15.5. The molecule has 0 saturated carbocycles. The predicted octanol–water partition coefficient (Wildman–Crippen LogP) is 2.64. The largest absolute Gasteiger partial charge is 0.496 e. The van der Waals surface area contributed by atoms with Gasteiger partial charge in [-0.1, -0.05) is 17.3 Å². The molecule has 0 unspecified atom stereocenters. The number of rotatable bonds is 9. The summed E-state index contributed by atoms with van der Waals surface area (Å²) in [6.45, 7) is 5.21. The monoisotopic (exact) mass is 478 g/mol. The number of nitrogens with two attached hydrogens (primary N) is 1. The van der Waals surface area contributed by atoms with E-state index in [1.54, 1.807) is 13.3 Å². The topological polar surface area (TPSA) is 138 Å². The van der Waals surface area contributed by atoms with Gasteiger partial charge in [0.05, 0.1) is 26.4 Å². The molecular weight excluding hydrogens is 448 g/mol. The van der Waals surface area contributed by atoms with Crippen molar-refractivity contribution < 1.29 is 14.0 Å². The number of hydrogen-bond donors (Lipinski definition) is 3. The van der Waals surface area contributed by atoms with Gasteiger partial charge in [0.2, 0.25) is 5.95 Å². The zero-order valence-corrected chi connectivity index (χ0v) is 20.0. The summed E-state index contributed by atoms with van der Waals surface area (Å²) in [4.78, 5) is 8.75. The summed E-state index contributed by atoms with van der Waals surface area (Å²) < 4.78 is 18.2. The van der Waals surface area contributed by atoms with Crippen molar-refractivity contribution in [2.24, 2.45) is 0 Å². The zero-order valence-electron chi connectivity index (χ0n) is 20.0. The lowest BCUT2D eigenvalue weighted by atomic mass is 10.1. The summed E-state index contributed by atoms with van der Waals surface area (Å²) in [7, 11) is 1.69. The smallest absolute Gasteiger partial charge is 0.222 e. The second-order valence-electron chi connectivity index (χ2n) is 8.66. The van der Waals surface area contributed by atoms with E-state index in [2.05, 4.69) is 49.1 Å². The Hall–Kier alpha value is -3.70. The van der Waals surface area contributed by atoms with Gasteiger partial charge in [-0.15, -0.1) is 0 Å². The summed E-state index contributed by atoms with van der Waals surface area (Å²) in [6.07, 6.45) is 3.78. The molecule has 35 heavy (non-hydrogen) atoms. The van der Waals surface area contributed by atoms with E-state index >= 15 is 0 Å². The molecule has 0 radical (unpaired) electrons. The lowest BCUT2D eigenvalue weighted by Crippen LogP contribution is -2.34. The predicted molar refractivity (Wildman–Crippen MR) is 131 cm³/mol. The van der Waals surface area contributed by atoms with Crippen LogP contribution < -0.4 is 21.1 Å². The summed E-state index contributed by atoms with van der Waals surface area (Å²) in [6, 6.07) is 8.64. The molecule has 1 aromatic carbocycles. The van der Waals surface area contributed by atoms with Gasteiger partial charge >= 0.3 is 0 Å². The average molecular weight is 479 g/mol. The molecule has 1 aliphatic rings. The Morgan fingerprint density at radius 2 is 2.03 bits per heavy atom. The minimum Gasteiger partial charge on any atom is -0.496 e. The Labute approximate surface area is 203 Å². The van der Waals surface area contributed by atoms with Crippen LogP contribution in [0, 0.1) is 6.92 Å². The molecule has 1 fully saturated rings. The van der Waals surface area contributed by atoms with E-state index in [0.29, 0.717) is 30.5 Å². The number of nitrogens with one attached hydrogen (secondary N) is 2. The first-order valence-corrected chi connectivity index (χ1v) is 11.7. The third-order valence-corrected chi connectivity index (χ3v) is 6.11. The summed E-state index contributed by atoms with van der Waals surface area (Å²) in [5.41, 5.74) is 10.3. The Morgan fingerprint density at radius 3 is 2.80 bits per heavy atom. The standard InChI is InChI=1S/C24H30N8O3/c1-15-9-19(31-35-15)12-27-23-22-20(29-24(25)30-23)13-28-32(22)14-17-4-3-16(10-21(17)33-2)11-26-18-5-7-34-8-6-18/h3-4,9-10,13,18,26H,5-8,11-12,14H2,1-2H3,(H3,25,27,29,30). The van der Waals surface area contributed by atoms with Crippen LogP contribution in [-0.4, -0.2) is 51.3 Å². The molecule has 1 saturated heterocycles. The number of aryl methyl sites for hydroxylation is 1. The first-order chi connectivity index (χ1) is 17.1. The summed E-state index contributed by atoms with van der Waals surface area (Å²) >= 11 is 0. The highest BCUT2D eigenvalue weighted by molar-refractivity contribution is 5.86. The van der Waals surface area contributed by atoms with Crippen molar-refractivity contribution >= 4 is 22.8 Å². The van der Waals surface area contributed by atoms with Gasteiger partial charge in [-0.05, 0) is 31.4 Å². The van der Waals surface area contributed by atoms with Crippen molar-refractivity contribution in [3.05, 3.63) is 53.0 Å². The zero-order chi connectivity index (χ0) is 24.2. The van der Waals surface area contributed by atoms with Crippen LogP contribution in [0.3, 0.4) is 0 Å². The van der Waals surface area contributed by atoms with Crippen molar-refractivity contribution in [3.63, 3.8) is 0 Å². The molecule has 0 spiro atoms. The molecule has 3 aromatic heterocycles. The van der Waals surface area contributed by atoms with Crippen molar-refractivity contribution in [1.82, 2.24) is 30.2 Å². The number of anilines is 2.